The van der Waals surface area contributed by atoms with E-state index in [1.165, 1.54) is 0 Å². The predicted molar refractivity (Wildman–Crippen MR) is 139 cm³/mol. The van der Waals surface area contributed by atoms with Gasteiger partial charge < -0.3 is 24.4 Å². The molecular formula is C26H33Cl2N3O4. The highest BCUT2D eigenvalue weighted by molar-refractivity contribution is 6.42. The smallest absolute Gasteiger partial charge is 0.322 e. The van der Waals surface area contributed by atoms with E-state index in [-0.39, 0.29) is 12.1 Å². The molecule has 1 saturated heterocycles. The molecule has 4 rings (SSSR count). The third-order valence-corrected chi connectivity index (χ3v) is 7.03. The maximum Gasteiger partial charge on any atom is 0.322 e. The van der Waals surface area contributed by atoms with Crippen LogP contribution in [0.25, 0.3) is 0 Å². The molecule has 2 aromatic carbocycles. The molecule has 2 aromatic rings. The summed E-state index contributed by atoms with van der Waals surface area (Å²) in [7, 11) is 0. The molecule has 9 heteroatoms. The van der Waals surface area contributed by atoms with Gasteiger partial charge in [-0.05, 0) is 57.2 Å². The van der Waals surface area contributed by atoms with E-state index < -0.39 is 5.60 Å². The molecule has 0 aliphatic carbocycles. The van der Waals surface area contributed by atoms with Crippen LogP contribution in [-0.2, 0) is 4.74 Å². The fraction of sp³-hybridized carbons (Fsp3) is 0.500. The molecule has 0 unspecified atom stereocenters. The monoisotopic (exact) mass is 521 g/mol. The number of nitrogens with zero attached hydrogens (tertiary/aromatic N) is 2. The zero-order valence-corrected chi connectivity index (χ0v) is 22.0. The van der Waals surface area contributed by atoms with Gasteiger partial charge in [-0.15, -0.1) is 0 Å². The molecule has 1 fully saturated rings. The van der Waals surface area contributed by atoms with Crippen LogP contribution < -0.4 is 14.8 Å². The lowest BCUT2D eigenvalue weighted by Gasteiger charge is -2.43. The summed E-state index contributed by atoms with van der Waals surface area (Å²) in [6, 6.07) is 10.5. The van der Waals surface area contributed by atoms with Crippen molar-refractivity contribution in [2.75, 3.05) is 51.3 Å². The second kappa shape index (κ2) is 11.2. The Morgan fingerprint density at radius 2 is 1.94 bits per heavy atom. The van der Waals surface area contributed by atoms with Gasteiger partial charge in [-0.3, -0.25) is 4.90 Å². The number of hydrogen-bond acceptors (Lipinski definition) is 5. The molecule has 190 valence electrons. The molecule has 2 heterocycles. The first-order valence-electron chi connectivity index (χ1n) is 12.0. The van der Waals surface area contributed by atoms with Gasteiger partial charge >= 0.3 is 6.03 Å². The molecule has 1 N–H and O–H groups in total. The van der Waals surface area contributed by atoms with Crippen LogP contribution >= 0.6 is 23.2 Å². The molecule has 0 saturated carbocycles. The fourth-order valence-electron chi connectivity index (χ4n) is 4.57. The Hall–Kier alpha value is -2.19. The zero-order valence-electron chi connectivity index (χ0n) is 20.5. The topological polar surface area (TPSA) is 63.3 Å². The Morgan fingerprint density at radius 1 is 1.17 bits per heavy atom. The van der Waals surface area contributed by atoms with Crippen molar-refractivity contribution in [1.29, 1.82) is 0 Å². The Balaban J connectivity index is 1.65. The van der Waals surface area contributed by atoms with Crippen molar-refractivity contribution in [3.8, 4) is 11.5 Å². The minimum Gasteiger partial charge on any atom is -0.494 e. The van der Waals surface area contributed by atoms with Crippen LogP contribution in [-0.4, -0.2) is 67.4 Å². The summed E-state index contributed by atoms with van der Waals surface area (Å²) in [5, 5.41) is 3.86. The van der Waals surface area contributed by atoms with E-state index in [0.29, 0.717) is 48.5 Å². The molecule has 2 aliphatic heterocycles. The molecule has 0 bridgehead atoms. The van der Waals surface area contributed by atoms with E-state index in [9.17, 15) is 4.79 Å². The summed E-state index contributed by atoms with van der Waals surface area (Å²) in [5.41, 5.74) is 1.10. The zero-order chi connectivity index (χ0) is 25.0. The Labute approximate surface area is 217 Å². The summed E-state index contributed by atoms with van der Waals surface area (Å²) in [5.74, 6) is 1.53. The van der Waals surface area contributed by atoms with Crippen LogP contribution in [0.5, 0.6) is 11.5 Å². The van der Waals surface area contributed by atoms with Gasteiger partial charge in [-0.25, -0.2) is 4.79 Å². The Morgan fingerprint density at radius 3 is 2.66 bits per heavy atom. The van der Waals surface area contributed by atoms with Crippen molar-refractivity contribution < 1.29 is 19.0 Å². The highest BCUT2D eigenvalue weighted by Crippen LogP contribution is 2.44. The molecule has 7 nitrogen and oxygen atoms in total. The first-order chi connectivity index (χ1) is 16.8. The van der Waals surface area contributed by atoms with Crippen LogP contribution in [0.4, 0.5) is 10.5 Å². The highest BCUT2D eigenvalue weighted by Gasteiger charge is 2.39. The quantitative estimate of drug-likeness (QED) is 0.494. The number of urea groups is 1. The average molecular weight is 522 g/mol. The standard InChI is InChI=1S/C26H33Cl2N3O4/c1-4-34-19-6-8-24-20(16-19)23(17-26(2,3)35-24)31(10-9-30-11-13-33-14-12-30)25(32)29-18-5-7-21(27)22(28)15-18/h5-8,15-16,23H,4,9-14,17H2,1-3H3,(H,29,32)/t23-/m0/s1. The molecule has 2 aliphatic rings. The number of hydrogen-bond donors (Lipinski definition) is 1. The van der Waals surface area contributed by atoms with Crippen LogP contribution in [0.1, 0.15) is 38.8 Å². The second-order valence-electron chi connectivity index (χ2n) is 9.42. The number of rotatable bonds is 7. The maximum absolute atomic E-state index is 13.7. The number of carbonyl (C=O) groups is 1. The number of morpholine rings is 1. The fourth-order valence-corrected chi connectivity index (χ4v) is 4.87. The number of halogens is 2. The van der Waals surface area contributed by atoms with Gasteiger partial charge in [-0.2, -0.15) is 0 Å². The van der Waals surface area contributed by atoms with Crippen LogP contribution in [0.3, 0.4) is 0 Å². The van der Waals surface area contributed by atoms with Gasteiger partial charge in [0, 0.05) is 43.9 Å². The number of anilines is 1. The first kappa shape index (κ1) is 25.9. The van der Waals surface area contributed by atoms with Crippen molar-refractivity contribution in [2.24, 2.45) is 0 Å². The van der Waals surface area contributed by atoms with Gasteiger partial charge in [-0.1, -0.05) is 23.2 Å². The van der Waals surface area contributed by atoms with Crippen LogP contribution in [0, 0.1) is 0 Å². The summed E-state index contributed by atoms with van der Waals surface area (Å²) in [6.07, 6.45) is 0.646. The molecule has 2 amide bonds. The molecule has 1 atom stereocenters. The summed E-state index contributed by atoms with van der Waals surface area (Å²) < 4.78 is 17.5. The van der Waals surface area contributed by atoms with E-state index in [1.807, 2.05) is 30.0 Å². The number of carbonyl (C=O) groups excluding carboxylic acids is 1. The predicted octanol–water partition coefficient (Wildman–Crippen LogP) is 5.86. The van der Waals surface area contributed by atoms with Gasteiger partial charge in [0.1, 0.15) is 17.1 Å². The second-order valence-corrected chi connectivity index (χ2v) is 10.2. The number of benzene rings is 2. The lowest BCUT2D eigenvalue weighted by molar-refractivity contribution is 0.0226. The Kier molecular flexibility index (Phi) is 8.32. The molecular weight excluding hydrogens is 489 g/mol. The van der Waals surface area contributed by atoms with Crippen molar-refractivity contribution in [3.05, 3.63) is 52.0 Å². The number of nitrogens with one attached hydrogen (secondary N) is 1. The minimum absolute atomic E-state index is 0.196. The van der Waals surface area contributed by atoms with Crippen LogP contribution in [0.15, 0.2) is 36.4 Å². The van der Waals surface area contributed by atoms with Crippen LogP contribution in [0.2, 0.25) is 10.0 Å². The summed E-state index contributed by atoms with van der Waals surface area (Å²) in [4.78, 5) is 18.0. The average Bonchev–Trinajstić information content (AvgIpc) is 2.82. The highest BCUT2D eigenvalue weighted by atomic mass is 35.5. The van der Waals surface area contributed by atoms with Gasteiger partial charge in [0.25, 0.3) is 0 Å². The number of amides is 2. The lowest BCUT2D eigenvalue weighted by Crippen LogP contribution is -2.48. The summed E-state index contributed by atoms with van der Waals surface area (Å²) in [6.45, 7) is 11.0. The molecule has 0 spiro atoms. The first-order valence-corrected chi connectivity index (χ1v) is 12.8. The van der Waals surface area contributed by atoms with Gasteiger partial charge in [0.15, 0.2) is 0 Å². The number of ether oxygens (including phenoxy) is 3. The van der Waals surface area contributed by atoms with E-state index in [1.54, 1.807) is 18.2 Å². The SMILES string of the molecule is CCOc1ccc2c(c1)[C@@H](N(CCN1CCOCC1)C(=O)Nc1ccc(Cl)c(Cl)c1)CC(C)(C)O2. The van der Waals surface area contributed by atoms with Crippen molar-refractivity contribution in [2.45, 2.75) is 38.8 Å². The van der Waals surface area contributed by atoms with Gasteiger partial charge in [0.2, 0.25) is 0 Å². The lowest BCUT2D eigenvalue weighted by atomic mass is 9.88. The molecule has 0 aromatic heterocycles. The van der Waals surface area contributed by atoms with Crippen molar-refractivity contribution >= 4 is 34.9 Å². The third-order valence-electron chi connectivity index (χ3n) is 6.29. The largest absolute Gasteiger partial charge is 0.494 e. The van der Waals surface area contributed by atoms with E-state index in [2.05, 4.69) is 24.1 Å². The molecule has 35 heavy (non-hydrogen) atoms. The van der Waals surface area contributed by atoms with Crippen molar-refractivity contribution in [3.63, 3.8) is 0 Å². The minimum atomic E-state index is -0.439. The maximum atomic E-state index is 13.7. The normalized spacial score (nSPS) is 19.4. The third kappa shape index (κ3) is 6.53. The van der Waals surface area contributed by atoms with E-state index in [0.717, 1.165) is 36.7 Å². The van der Waals surface area contributed by atoms with E-state index in [4.69, 9.17) is 37.4 Å². The Bertz CT molecular complexity index is 1040. The van der Waals surface area contributed by atoms with Gasteiger partial charge in [0.05, 0.1) is 35.9 Å². The summed E-state index contributed by atoms with van der Waals surface area (Å²) >= 11 is 12.3. The van der Waals surface area contributed by atoms with E-state index >= 15 is 0 Å². The van der Waals surface area contributed by atoms with Crippen molar-refractivity contribution in [1.82, 2.24) is 9.80 Å². The number of fused-ring (bicyclic) bond motifs is 1. The molecule has 0 radical (unpaired) electrons.